The van der Waals surface area contributed by atoms with E-state index in [1.807, 2.05) is 17.0 Å². The minimum absolute atomic E-state index is 0.234. The number of hydrogen-bond acceptors (Lipinski definition) is 4. The Morgan fingerprint density at radius 3 is 2.96 bits per heavy atom. The number of aromatic nitrogens is 1. The Kier molecular flexibility index (Phi) is 3.57. The molecule has 0 radical (unpaired) electrons. The maximum atomic E-state index is 12.2. The molecule has 0 saturated heterocycles. The van der Waals surface area contributed by atoms with Crippen LogP contribution in [0.3, 0.4) is 0 Å². The molecule has 2 aliphatic heterocycles. The summed E-state index contributed by atoms with van der Waals surface area (Å²) in [7, 11) is 0. The molecular weight excluding hydrogens is 342 g/mol. The fourth-order valence-corrected chi connectivity index (χ4v) is 4.68. The summed E-state index contributed by atoms with van der Waals surface area (Å²) in [4.78, 5) is 19.0. The molecule has 0 aliphatic carbocycles. The number of nitrogens with zero attached hydrogens (tertiary/aromatic N) is 2. The lowest BCUT2D eigenvalue weighted by Gasteiger charge is -2.25. The van der Waals surface area contributed by atoms with Crippen LogP contribution in [-0.4, -0.2) is 17.4 Å². The van der Waals surface area contributed by atoms with Crippen LogP contribution >= 0.6 is 11.3 Å². The standard InChI is InChI=1S/C21H19N3OS/c1-13-4-2-6-17(8-13)22-21-23-18(12-26-21)15-9-14-5-3-7-24-19(25)11-16(10-15)20(14)24/h2,4,6,8-10,12H,3,5,7,11H2,1H3,(H,22,23). The number of rotatable bonds is 3. The number of carbonyl (C=O) groups is 1. The van der Waals surface area contributed by atoms with Gasteiger partial charge in [0.2, 0.25) is 5.91 Å². The fourth-order valence-electron chi connectivity index (χ4n) is 3.94. The number of hydrogen-bond donors (Lipinski definition) is 1. The minimum Gasteiger partial charge on any atom is -0.332 e. The van der Waals surface area contributed by atoms with Gasteiger partial charge < -0.3 is 10.2 Å². The maximum absolute atomic E-state index is 12.2. The molecule has 26 heavy (non-hydrogen) atoms. The molecule has 3 aromatic rings. The van der Waals surface area contributed by atoms with Gasteiger partial charge in [-0.05, 0) is 60.7 Å². The van der Waals surface area contributed by atoms with Gasteiger partial charge in [-0.3, -0.25) is 4.79 Å². The Morgan fingerprint density at radius 2 is 2.08 bits per heavy atom. The Hall–Kier alpha value is -2.66. The molecule has 130 valence electrons. The first-order valence-electron chi connectivity index (χ1n) is 8.93. The predicted octanol–water partition coefficient (Wildman–Crippen LogP) is 4.70. The van der Waals surface area contributed by atoms with Gasteiger partial charge in [-0.1, -0.05) is 12.1 Å². The second-order valence-corrected chi connectivity index (χ2v) is 7.86. The lowest BCUT2D eigenvalue weighted by molar-refractivity contribution is -0.117. The van der Waals surface area contributed by atoms with Crippen molar-refractivity contribution in [3.8, 4) is 11.3 Å². The molecule has 3 heterocycles. The first-order valence-corrected chi connectivity index (χ1v) is 9.81. The number of benzene rings is 2. The van der Waals surface area contributed by atoms with Crippen LogP contribution < -0.4 is 10.2 Å². The third-order valence-electron chi connectivity index (χ3n) is 5.08. The molecule has 0 atom stereocenters. The monoisotopic (exact) mass is 361 g/mol. The number of anilines is 3. The zero-order chi connectivity index (χ0) is 17.7. The molecule has 2 aromatic carbocycles. The molecule has 0 saturated carbocycles. The molecule has 2 aliphatic rings. The molecule has 0 bridgehead atoms. The van der Waals surface area contributed by atoms with Crippen LogP contribution in [0.25, 0.3) is 11.3 Å². The van der Waals surface area contributed by atoms with Gasteiger partial charge in [0.05, 0.1) is 17.8 Å². The van der Waals surface area contributed by atoms with Gasteiger partial charge in [0.15, 0.2) is 5.13 Å². The molecule has 1 amide bonds. The molecule has 5 heteroatoms. The summed E-state index contributed by atoms with van der Waals surface area (Å²) in [5, 5.41) is 6.36. The first-order chi connectivity index (χ1) is 12.7. The number of thiazole rings is 1. The van der Waals surface area contributed by atoms with Gasteiger partial charge in [0.1, 0.15) is 0 Å². The van der Waals surface area contributed by atoms with Gasteiger partial charge in [0.25, 0.3) is 0 Å². The van der Waals surface area contributed by atoms with Gasteiger partial charge >= 0.3 is 0 Å². The van der Waals surface area contributed by atoms with Crippen molar-refractivity contribution in [3.63, 3.8) is 0 Å². The van der Waals surface area contributed by atoms with Crippen molar-refractivity contribution < 1.29 is 4.79 Å². The first kappa shape index (κ1) is 15.6. The zero-order valence-corrected chi connectivity index (χ0v) is 15.4. The summed E-state index contributed by atoms with van der Waals surface area (Å²) in [5.41, 5.74) is 7.97. The number of carbonyl (C=O) groups excluding carboxylic acids is 1. The molecule has 1 aromatic heterocycles. The van der Waals surface area contributed by atoms with E-state index in [0.717, 1.165) is 47.0 Å². The van der Waals surface area contributed by atoms with Gasteiger partial charge in [-0.25, -0.2) is 4.98 Å². The van der Waals surface area contributed by atoms with Crippen LogP contribution in [0.2, 0.25) is 0 Å². The largest absolute Gasteiger partial charge is 0.332 e. The Bertz CT molecular complexity index is 1020. The van der Waals surface area contributed by atoms with Crippen molar-refractivity contribution >= 4 is 33.8 Å². The number of aryl methyl sites for hydroxylation is 2. The van der Waals surface area contributed by atoms with Crippen molar-refractivity contribution in [1.82, 2.24) is 4.98 Å². The van der Waals surface area contributed by atoms with Crippen LogP contribution in [0.15, 0.2) is 41.8 Å². The summed E-state index contributed by atoms with van der Waals surface area (Å²) < 4.78 is 0. The van der Waals surface area contributed by atoms with Crippen LogP contribution in [0.5, 0.6) is 0 Å². The van der Waals surface area contributed by atoms with Crippen molar-refractivity contribution in [3.05, 3.63) is 58.5 Å². The van der Waals surface area contributed by atoms with Gasteiger partial charge in [0, 0.05) is 23.2 Å². The zero-order valence-electron chi connectivity index (χ0n) is 14.6. The Morgan fingerprint density at radius 1 is 1.19 bits per heavy atom. The predicted molar refractivity (Wildman–Crippen MR) is 106 cm³/mol. The van der Waals surface area contributed by atoms with Crippen molar-refractivity contribution in [2.24, 2.45) is 0 Å². The summed E-state index contributed by atoms with van der Waals surface area (Å²) >= 11 is 1.61. The average molecular weight is 361 g/mol. The Labute approximate surface area is 156 Å². The molecule has 0 spiro atoms. The van der Waals surface area contributed by atoms with E-state index >= 15 is 0 Å². The summed E-state index contributed by atoms with van der Waals surface area (Å²) in [6.07, 6.45) is 2.60. The summed E-state index contributed by atoms with van der Waals surface area (Å²) in [6, 6.07) is 12.6. The van der Waals surface area contributed by atoms with E-state index < -0.39 is 0 Å². The van der Waals surface area contributed by atoms with Crippen LogP contribution in [-0.2, 0) is 17.6 Å². The van der Waals surface area contributed by atoms with Crippen LogP contribution in [0.1, 0.15) is 23.1 Å². The second kappa shape index (κ2) is 5.95. The highest BCUT2D eigenvalue weighted by Crippen LogP contribution is 2.40. The fraction of sp³-hybridized carbons (Fsp3) is 0.238. The third-order valence-corrected chi connectivity index (χ3v) is 5.84. The summed E-state index contributed by atoms with van der Waals surface area (Å²) in [5.74, 6) is 0.234. The molecule has 5 rings (SSSR count). The van der Waals surface area contributed by atoms with E-state index in [4.69, 9.17) is 4.98 Å². The van der Waals surface area contributed by atoms with E-state index in [1.165, 1.54) is 16.8 Å². The minimum atomic E-state index is 0.234. The highest BCUT2D eigenvalue weighted by atomic mass is 32.1. The van der Waals surface area contributed by atoms with Crippen LogP contribution in [0, 0.1) is 6.92 Å². The van der Waals surface area contributed by atoms with Crippen molar-refractivity contribution in [2.75, 3.05) is 16.8 Å². The quantitative estimate of drug-likeness (QED) is 0.736. The molecule has 4 nitrogen and oxygen atoms in total. The van der Waals surface area contributed by atoms with Crippen LogP contribution in [0.4, 0.5) is 16.5 Å². The van der Waals surface area contributed by atoms with E-state index in [2.05, 4.69) is 41.9 Å². The van der Waals surface area contributed by atoms with E-state index in [0.29, 0.717) is 6.42 Å². The SMILES string of the molecule is Cc1cccc(Nc2nc(-c3cc4c5c(c3)CC(=O)N5CCC4)cs2)c1. The lowest BCUT2D eigenvalue weighted by Crippen LogP contribution is -2.31. The van der Waals surface area contributed by atoms with E-state index in [9.17, 15) is 4.79 Å². The summed E-state index contributed by atoms with van der Waals surface area (Å²) in [6.45, 7) is 2.94. The number of nitrogens with one attached hydrogen (secondary N) is 1. The Balaban J connectivity index is 1.47. The molecule has 1 N–H and O–H groups in total. The van der Waals surface area contributed by atoms with Gasteiger partial charge in [-0.2, -0.15) is 0 Å². The third kappa shape index (κ3) is 2.59. The normalized spacial score (nSPS) is 15.3. The van der Waals surface area contributed by atoms with Crippen molar-refractivity contribution in [2.45, 2.75) is 26.2 Å². The topological polar surface area (TPSA) is 45.2 Å². The molecular formula is C21H19N3OS. The average Bonchev–Trinajstić information content (AvgIpc) is 3.21. The second-order valence-electron chi connectivity index (χ2n) is 7.00. The van der Waals surface area contributed by atoms with E-state index in [-0.39, 0.29) is 5.91 Å². The highest BCUT2D eigenvalue weighted by Gasteiger charge is 2.32. The highest BCUT2D eigenvalue weighted by molar-refractivity contribution is 7.14. The lowest BCUT2D eigenvalue weighted by atomic mass is 9.96. The van der Waals surface area contributed by atoms with E-state index in [1.54, 1.807) is 11.3 Å². The van der Waals surface area contributed by atoms with Gasteiger partial charge in [-0.15, -0.1) is 11.3 Å². The van der Waals surface area contributed by atoms with Crippen molar-refractivity contribution in [1.29, 1.82) is 0 Å². The maximum Gasteiger partial charge on any atom is 0.231 e. The molecule has 0 unspecified atom stereocenters. The molecule has 0 fully saturated rings. The number of amides is 1. The smallest absolute Gasteiger partial charge is 0.231 e.